The van der Waals surface area contributed by atoms with Crippen molar-refractivity contribution in [1.82, 2.24) is 9.55 Å². The molecular formula is C12H11N2O5SY-. The number of aromatic nitrogens is 2. The third-order valence-corrected chi connectivity index (χ3v) is 3.73. The van der Waals surface area contributed by atoms with Crippen LogP contribution in [0.3, 0.4) is 0 Å². The third-order valence-electron chi connectivity index (χ3n) is 2.90. The number of hydrogen-bond donors (Lipinski definition) is 2. The molecule has 3 heterocycles. The number of nitrogens with one attached hydrogen (secondary N) is 1. The fourth-order valence-corrected chi connectivity index (χ4v) is 2.60. The number of aliphatic hydroxyl groups is 1. The van der Waals surface area contributed by atoms with Crippen molar-refractivity contribution in [2.24, 2.45) is 0 Å². The maximum Gasteiger partial charge on any atom is 0.330 e. The minimum atomic E-state index is -0.752. The molecule has 2 aromatic rings. The summed E-state index contributed by atoms with van der Waals surface area (Å²) in [6, 6.07) is 3.44. The molecule has 0 aliphatic carbocycles. The Bertz CT molecular complexity index is 711. The number of H-pyrrole nitrogens is 1. The van der Waals surface area contributed by atoms with Gasteiger partial charge in [0.1, 0.15) is 0 Å². The molecule has 0 bridgehead atoms. The molecule has 2 N–H and O–H groups in total. The number of aromatic amines is 1. The molecule has 109 valence electrons. The number of aliphatic hydroxyl groups excluding tert-OH is 1. The fraction of sp³-hybridized carbons (Fsp3) is 0.333. The molecule has 2 atom stereocenters. The standard InChI is InChI=1S/C12H11N2O5S.Y/c15-5-10-18-6-9(19-10)14-4-7(8-2-1-3-20-8)11(16)13-12(14)17;/h1-2,4,9-10,15H,5-6H2,(H,13,16,17);/q-1;. The number of nitrogens with zero attached hydrogens (tertiary/aromatic N) is 1. The molecule has 1 saturated heterocycles. The SMILES string of the molecule is O=c1[nH]c(=O)n(C2COC(CO)O2)cc1-c1cc[c-]s1.[Y]. The summed E-state index contributed by atoms with van der Waals surface area (Å²) in [5, 5.41) is 11.8. The minimum Gasteiger partial charge on any atom is -0.391 e. The van der Waals surface area contributed by atoms with E-state index in [0.29, 0.717) is 10.4 Å². The smallest absolute Gasteiger partial charge is 0.330 e. The normalized spacial score (nSPS) is 21.2. The number of hydrogen-bond acceptors (Lipinski definition) is 6. The molecule has 21 heavy (non-hydrogen) atoms. The second-order valence-electron chi connectivity index (χ2n) is 4.16. The molecule has 1 fully saturated rings. The van der Waals surface area contributed by atoms with E-state index in [2.05, 4.69) is 10.4 Å². The molecule has 2 unspecified atom stereocenters. The minimum absolute atomic E-state index is 0. The van der Waals surface area contributed by atoms with Crippen molar-refractivity contribution >= 4 is 11.3 Å². The van der Waals surface area contributed by atoms with E-state index in [1.54, 1.807) is 12.1 Å². The van der Waals surface area contributed by atoms with Crippen LogP contribution >= 0.6 is 11.3 Å². The summed E-state index contributed by atoms with van der Waals surface area (Å²) in [4.78, 5) is 26.6. The van der Waals surface area contributed by atoms with E-state index in [1.165, 1.54) is 22.1 Å². The molecule has 1 radical (unpaired) electrons. The number of rotatable bonds is 3. The molecule has 1 aliphatic heterocycles. The summed E-state index contributed by atoms with van der Waals surface area (Å²) in [6.45, 7) is -0.158. The third kappa shape index (κ3) is 3.41. The van der Waals surface area contributed by atoms with E-state index in [-0.39, 0.29) is 45.9 Å². The van der Waals surface area contributed by atoms with Gasteiger partial charge in [-0.2, -0.15) is 12.1 Å². The van der Waals surface area contributed by atoms with E-state index in [4.69, 9.17) is 14.6 Å². The monoisotopic (exact) mass is 384 g/mol. The Morgan fingerprint density at radius 2 is 2.33 bits per heavy atom. The van der Waals surface area contributed by atoms with Gasteiger partial charge in [0.2, 0.25) is 5.56 Å². The Morgan fingerprint density at radius 1 is 1.52 bits per heavy atom. The first-order valence-corrected chi connectivity index (χ1v) is 6.70. The summed E-state index contributed by atoms with van der Waals surface area (Å²) < 4.78 is 11.8. The Kier molecular flexibility index (Phi) is 5.64. The van der Waals surface area contributed by atoms with Crippen molar-refractivity contribution in [3.8, 4) is 10.4 Å². The van der Waals surface area contributed by atoms with Gasteiger partial charge < -0.3 is 14.6 Å². The molecule has 1 aliphatic rings. The number of ether oxygens (including phenoxy) is 2. The summed E-state index contributed by atoms with van der Waals surface area (Å²) in [7, 11) is 0. The van der Waals surface area contributed by atoms with Gasteiger partial charge in [0.05, 0.1) is 13.2 Å². The van der Waals surface area contributed by atoms with E-state index >= 15 is 0 Å². The summed E-state index contributed by atoms with van der Waals surface area (Å²) in [5.41, 5.74) is -0.668. The van der Waals surface area contributed by atoms with Crippen LogP contribution in [-0.4, -0.2) is 34.2 Å². The summed E-state index contributed by atoms with van der Waals surface area (Å²) >= 11 is 1.28. The summed E-state index contributed by atoms with van der Waals surface area (Å²) in [6.07, 6.45) is 0.0192. The predicted octanol–water partition coefficient (Wildman–Crippen LogP) is -0.0734. The molecule has 0 amide bonds. The van der Waals surface area contributed by atoms with Crippen LogP contribution in [0.4, 0.5) is 0 Å². The van der Waals surface area contributed by atoms with Crippen LogP contribution < -0.4 is 11.2 Å². The van der Waals surface area contributed by atoms with Crippen LogP contribution in [-0.2, 0) is 42.2 Å². The largest absolute Gasteiger partial charge is 0.391 e. The first-order valence-electron chi connectivity index (χ1n) is 5.88. The molecule has 2 aromatic heterocycles. The maximum absolute atomic E-state index is 11.8. The maximum atomic E-state index is 11.8. The van der Waals surface area contributed by atoms with E-state index < -0.39 is 23.8 Å². The molecule has 7 nitrogen and oxygen atoms in total. The molecule has 9 heteroatoms. The zero-order chi connectivity index (χ0) is 14.1. The van der Waals surface area contributed by atoms with E-state index in [9.17, 15) is 9.59 Å². The Labute approximate surface area is 148 Å². The van der Waals surface area contributed by atoms with Gasteiger partial charge in [0, 0.05) is 44.5 Å². The average molecular weight is 384 g/mol. The van der Waals surface area contributed by atoms with Crippen molar-refractivity contribution in [2.45, 2.75) is 12.5 Å². The van der Waals surface area contributed by atoms with Gasteiger partial charge in [-0.1, -0.05) is 0 Å². The van der Waals surface area contributed by atoms with Gasteiger partial charge >= 0.3 is 5.69 Å². The van der Waals surface area contributed by atoms with Crippen LogP contribution in [0.1, 0.15) is 6.23 Å². The second kappa shape index (κ2) is 7.08. The molecule has 0 spiro atoms. The molecule has 0 aromatic carbocycles. The van der Waals surface area contributed by atoms with Crippen molar-refractivity contribution < 1.29 is 47.3 Å². The van der Waals surface area contributed by atoms with E-state index in [0.717, 1.165) is 0 Å². The quantitative estimate of drug-likeness (QED) is 0.723. The topological polar surface area (TPSA) is 93.6 Å². The van der Waals surface area contributed by atoms with Crippen LogP contribution in [0.2, 0.25) is 0 Å². The molecular weight excluding hydrogens is 373 g/mol. The first-order chi connectivity index (χ1) is 9.69. The van der Waals surface area contributed by atoms with Crippen LogP contribution in [0.5, 0.6) is 0 Å². The van der Waals surface area contributed by atoms with Crippen LogP contribution in [0.25, 0.3) is 10.4 Å². The van der Waals surface area contributed by atoms with Gasteiger partial charge in [-0.05, 0) is 0 Å². The molecule has 3 rings (SSSR count). The van der Waals surface area contributed by atoms with Gasteiger partial charge in [-0.15, -0.1) is 10.3 Å². The average Bonchev–Trinajstić information content (AvgIpc) is 3.09. The van der Waals surface area contributed by atoms with Crippen molar-refractivity contribution in [1.29, 1.82) is 0 Å². The summed E-state index contributed by atoms with van der Waals surface area (Å²) in [5.74, 6) is 0. The molecule has 0 saturated carbocycles. The Hall–Kier alpha value is -0.636. The Morgan fingerprint density at radius 3 is 2.95 bits per heavy atom. The fourth-order valence-electron chi connectivity index (χ4n) is 1.95. The van der Waals surface area contributed by atoms with E-state index in [1.807, 2.05) is 0 Å². The van der Waals surface area contributed by atoms with Gasteiger partial charge in [0.25, 0.3) is 0 Å². The van der Waals surface area contributed by atoms with Crippen molar-refractivity contribution in [2.75, 3.05) is 13.2 Å². The first kappa shape index (κ1) is 16.7. The van der Waals surface area contributed by atoms with Gasteiger partial charge in [-0.25, -0.2) is 4.79 Å². The Balaban J connectivity index is 0.00000161. The zero-order valence-corrected chi connectivity index (χ0v) is 14.5. The second-order valence-corrected chi connectivity index (χ2v) is 5.04. The van der Waals surface area contributed by atoms with Crippen molar-refractivity contribution in [3.63, 3.8) is 0 Å². The van der Waals surface area contributed by atoms with Crippen LogP contribution in [0, 0.1) is 5.38 Å². The predicted molar refractivity (Wildman–Crippen MR) is 70.4 cm³/mol. The van der Waals surface area contributed by atoms with Crippen molar-refractivity contribution in [3.05, 3.63) is 44.5 Å². The zero-order valence-electron chi connectivity index (χ0n) is 10.8. The number of thiophene rings is 1. The van der Waals surface area contributed by atoms with Gasteiger partial charge in [0.15, 0.2) is 12.5 Å². The van der Waals surface area contributed by atoms with Gasteiger partial charge in [-0.3, -0.25) is 25.7 Å². The van der Waals surface area contributed by atoms with Crippen LogP contribution in [0.15, 0.2) is 27.9 Å².